The molecule has 0 radical (unpaired) electrons. The summed E-state index contributed by atoms with van der Waals surface area (Å²) in [5.41, 5.74) is 5.16. The Morgan fingerprint density at radius 3 is 2.51 bits per heavy atom. The Kier molecular flexibility index (Phi) is 8.70. The molecule has 0 unspecified atom stereocenters. The third kappa shape index (κ3) is 6.42. The second-order valence-electron chi connectivity index (χ2n) is 10.3. The van der Waals surface area contributed by atoms with Crippen molar-refractivity contribution >= 4 is 23.2 Å². The zero-order valence-corrected chi connectivity index (χ0v) is 23.4. The number of carbonyl (C=O) groups excluding carboxylic acids is 2. The van der Waals surface area contributed by atoms with E-state index in [1.807, 2.05) is 55.1 Å². The van der Waals surface area contributed by atoms with Crippen LogP contribution in [0.4, 0.5) is 0 Å². The molecule has 5 nitrogen and oxygen atoms in total. The predicted molar refractivity (Wildman–Crippen MR) is 150 cm³/mol. The molecular weight excluding hydrogens is 480 g/mol. The lowest BCUT2D eigenvalue weighted by molar-refractivity contribution is -0.135. The fourth-order valence-electron chi connectivity index (χ4n) is 4.86. The summed E-state index contributed by atoms with van der Waals surface area (Å²) < 4.78 is 6.28. The Morgan fingerprint density at radius 2 is 1.81 bits per heavy atom. The summed E-state index contributed by atoms with van der Waals surface area (Å²) in [5, 5.41) is 2.10. The highest BCUT2D eigenvalue weighted by atomic mass is 32.1. The number of thiophene rings is 1. The van der Waals surface area contributed by atoms with Crippen molar-refractivity contribution in [1.82, 2.24) is 9.80 Å². The van der Waals surface area contributed by atoms with Gasteiger partial charge in [0.1, 0.15) is 18.9 Å². The van der Waals surface area contributed by atoms with Gasteiger partial charge in [-0.3, -0.25) is 9.59 Å². The monoisotopic (exact) mass is 518 g/mol. The van der Waals surface area contributed by atoms with Crippen LogP contribution < -0.4 is 4.74 Å². The molecule has 2 aromatic carbocycles. The highest BCUT2D eigenvalue weighted by Gasteiger charge is 2.34. The average Bonchev–Trinajstić information content (AvgIpc) is 3.37. The standard InChI is InChI=1S/C31H38N2O3S/c1-6-21(2)18-32(31(35)25-10-7-22(3)8-11-25)19-30(34)33-15-13-29-26(14-16-37-29)27(33)20-36-28-12-9-23(4)17-24(28)5/h7-12,14,16-17,21,27H,6,13,15,18-20H2,1-5H3/t21-,27+/m1/s1. The number of fused-ring (bicyclic) bond motifs is 1. The quantitative estimate of drug-likeness (QED) is 0.331. The fourth-order valence-corrected chi connectivity index (χ4v) is 5.79. The number of rotatable bonds is 9. The van der Waals surface area contributed by atoms with Gasteiger partial charge in [-0.1, -0.05) is 55.7 Å². The van der Waals surface area contributed by atoms with Crippen molar-refractivity contribution in [2.45, 2.75) is 53.5 Å². The molecule has 0 bridgehead atoms. The Labute approximate surface area is 225 Å². The molecule has 0 saturated heterocycles. The number of carbonyl (C=O) groups is 2. The van der Waals surface area contributed by atoms with E-state index in [1.54, 1.807) is 16.2 Å². The van der Waals surface area contributed by atoms with Crippen molar-refractivity contribution in [2.75, 3.05) is 26.2 Å². The van der Waals surface area contributed by atoms with E-state index >= 15 is 0 Å². The Balaban J connectivity index is 1.55. The van der Waals surface area contributed by atoms with Crippen LogP contribution in [0.15, 0.2) is 53.9 Å². The Bertz CT molecular complexity index is 1230. The lowest BCUT2D eigenvalue weighted by atomic mass is 10.00. The first kappa shape index (κ1) is 26.9. The molecule has 2 heterocycles. The number of hydrogen-bond donors (Lipinski definition) is 0. The minimum Gasteiger partial charge on any atom is -0.491 e. The predicted octanol–water partition coefficient (Wildman–Crippen LogP) is 6.37. The average molecular weight is 519 g/mol. The van der Waals surface area contributed by atoms with E-state index < -0.39 is 0 Å². The molecule has 3 aromatic rings. The summed E-state index contributed by atoms with van der Waals surface area (Å²) in [6, 6.07) is 15.7. The summed E-state index contributed by atoms with van der Waals surface area (Å²) in [6.07, 6.45) is 1.77. The molecule has 2 atom stereocenters. The van der Waals surface area contributed by atoms with Crippen LogP contribution in [0.2, 0.25) is 0 Å². The van der Waals surface area contributed by atoms with Crippen LogP contribution in [-0.4, -0.2) is 47.9 Å². The minimum atomic E-state index is -0.178. The van der Waals surface area contributed by atoms with Gasteiger partial charge >= 0.3 is 0 Å². The summed E-state index contributed by atoms with van der Waals surface area (Å²) >= 11 is 1.74. The molecule has 196 valence electrons. The lowest BCUT2D eigenvalue weighted by Crippen LogP contribution is -2.48. The SMILES string of the molecule is CC[C@@H](C)CN(CC(=O)N1CCc2sccc2[C@@H]1COc1ccc(C)cc1C)C(=O)c1ccc(C)cc1. The first-order valence-corrected chi connectivity index (χ1v) is 14.1. The molecule has 0 fully saturated rings. The minimum absolute atomic E-state index is 0.0326. The number of amides is 2. The maximum Gasteiger partial charge on any atom is 0.254 e. The third-order valence-electron chi connectivity index (χ3n) is 7.28. The van der Waals surface area contributed by atoms with E-state index in [2.05, 4.69) is 38.3 Å². The van der Waals surface area contributed by atoms with Crippen LogP contribution in [-0.2, 0) is 11.2 Å². The smallest absolute Gasteiger partial charge is 0.254 e. The van der Waals surface area contributed by atoms with Crippen LogP contribution in [0.5, 0.6) is 5.75 Å². The summed E-state index contributed by atoms with van der Waals surface area (Å²) in [5.74, 6) is 1.02. The van der Waals surface area contributed by atoms with Gasteiger partial charge in [-0.15, -0.1) is 11.3 Å². The molecular formula is C31H38N2O3S. The largest absolute Gasteiger partial charge is 0.491 e. The summed E-state index contributed by atoms with van der Waals surface area (Å²) in [4.78, 5) is 32.2. The third-order valence-corrected chi connectivity index (χ3v) is 8.28. The Morgan fingerprint density at radius 1 is 1.08 bits per heavy atom. The van der Waals surface area contributed by atoms with E-state index in [9.17, 15) is 9.59 Å². The molecule has 0 spiro atoms. The molecule has 0 aliphatic carbocycles. The maximum absolute atomic E-state index is 13.8. The van der Waals surface area contributed by atoms with Crippen molar-refractivity contribution < 1.29 is 14.3 Å². The van der Waals surface area contributed by atoms with Gasteiger partial charge in [-0.2, -0.15) is 0 Å². The summed E-state index contributed by atoms with van der Waals surface area (Å²) in [6.45, 7) is 12.0. The summed E-state index contributed by atoms with van der Waals surface area (Å²) in [7, 11) is 0. The molecule has 4 rings (SSSR count). The number of hydrogen-bond acceptors (Lipinski definition) is 4. The Hall–Kier alpha value is -3.12. The van der Waals surface area contributed by atoms with E-state index in [0.717, 1.165) is 35.3 Å². The highest BCUT2D eigenvalue weighted by Crippen LogP contribution is 2.34. The zero-order valence-electron chi connectivity index (χ0n) is 22.6. The number of benzene rings is 2. The van der Waals surface area contributed by atoms with Crippen LogP contribution in [0.25, 0.3) is 0 Å². The zero-order chi connectivity index (χ0) is 26.5. The van der Waals surface area contributed by atoms with Crippen molar-refractivity contribution in [3.05, 3.63) is 86.6 Å². The van der Waals surface area contributed by atoms with Crippen LogP contribution in [0.3, 0.4) is 0 Å². The molecule has 1 aromatic heterocycles. The van der Waals surface area contributed by atoms with Gasteiger partial charge in [-0.05, 0) is 73.9 Å². The van der Waals surface area contributed by atoms with Gasteiger partial charge in [0, 0.05) is 23.5 Å². The molecule has 1 aliphatic rings. The van der Waals surface area contributed by atoms with Crippen molar-refractivity contribution in [2.24, 2.45) is 5.92 Å². The highest BCUT2D eigenvalue weighted by molar-refractivity contribution is 7.10. The van der Waals surface area contributed by atoms with Gasteiger partial charge in [0.15, 0.2) is 0 Å². The lowest BCUT2D eigenvalue weighted by Gasteiger charge is -2.37. The van der Waals surface area contributed by atoms with Gasteiger partial charge < -0.3 is 14.5 Å². The van der Waals surface area contributed by atoms with Gasteiger partial charge in [0.2, 0.25) is 5.91 Å². The molecule has 1 aliphatic heterocycles. The van der Waals surface area contributed by atoms with Gasteiger partial charge in [0.05, 0.1) is 6.04 Å². The van der Waals surface area contributed by atoms with E-state index in [1.165, 1.54) is 10.4 Å². The number of aryl methyl sites for hydroxylation is 3. The van der Waals surface area contributed by atoms with E-state index in [0.29, 0.717) is 31.2 Å². The van der Waals surface area contributed by atoms with Crippen molar-refractivity contribution in [3.8, 4) is 5.75 Å². The molecule has 6 heteroatoms. The topological polar surface area (TPSA) is 49.9 Å². The normalized spacial score (nSPS) is 15.7. The van der Waals surface area contributed by atoms with Crippen LogP contribution in [0.1, 0.15) is 63.8 Å². The van der Waals surface area contributed by atoms with Gasteiger partial charge in [0.25, 0.3) is 5.91 Å². The number of ether oxygens (including phenoxy) is 1. The van der Waals surface area contributed by atoms with Gasteiger partial charge in [-0.25, -0.2) is 0 Å². The second-order valence-corrected chi connectivity index (χ2v) is 11.3. The van der Waals surface area contributed by atoms with Crippen LogP contribution >= 0.6 is 11.3 Å². The molecule has 0 N–H and O–H groups in total. The van der Waals surface area contributed by atoms with Crippen LogP contribution in [0, 0.1) is 26.7 Å². The molecule has 2 amide bonds. The molecule has 37 heavy (non-hydrogen) atoms. The fraction of sp³-hybridized carbons (Fsp3) is 0.419. The van der Waals surface area contributed by atoms with Crippen molar-refractivity contribution in [3.63, 3.8) is 0 Å². The van der Waals surface area contributed by atoms with E-state index in [-0.39, 0.29) is 24.4 Å². The maximum atomic E-state index is 13.8. The van der Waals surface area contributed by atoms with Crippen molar-refractivity contribution in [1.29, 1.82) is 0 Å². The first-order chi connectivity index (χ1) is 17.8. The second kappa shape index (κ2) is 12.0. The molecule has 0 saturated carbocycles. The number of nitrogens with zero attached hydrogens (tertiary/aromatic N) is 2. The first-order valence-electron chi connectivity index (χ1n) is 13.2. The van der Waals surface area contributed by atoms with E-state index in [4.69, 9.17) is 4.74 Å².